The number of hydrogen-bond donors (Lipinski definition) is 1. The lowest BCUT2D eigenvalue weighted by Gasteiger charge is -2.26. The number of nitrogens with zero attached hydrogens (tertiary/aromatic N) is 1. The Morgan fingerprint density at radius 1 is 0.943 bits per heavy atom. The van der Waals surface area contributed by atoms with E-state index in [1.807, 2.05) is 45.0 Å². The zero-order valence-corrected chi connectivity index (χ0v) is 20.5. The second-order valence-electron chi connectivity index (χ2n) is 8.85. The van der Waals surface area contributed by atoms with Gasteiger partial charge in [-0.05, 0) is 65.9 Å². The normalized spacial score (nSPS) is 17.2. The Bertz CT molecular complexity index is 1310. The number of hydrogen-bond acceptors (Lipinski definition) is 5. The number of ketones is 1. The van der Waals surface area contributed by atoms with Gasteiger partial charge in [0, 0.05) is 11.3 Å². The first-order valence-electron chi connectivity index (χ1n) is 11.5. The first-order valence-corrected chi connectivity index (χ1v) is 11.5. The van der Waals surface area contributed by atoms with Crippen molar-refractivity contribution in [3.8, 4) is 11.5 Å². The maximum Gasteiger partial charge on any atom is 0.300 e. The van der Waals surface area contributed by atoms with Crippen molar-refractivity contribution >= 4 is 23.1 Å². The zero-order chi connectivity index (χ0) is 25.3. The van der Waals surface area contributed by atoms with Crippen LogP contribution in [0.5, 0.6) is 11.5 Å². The number of ether oxygens (including phenoxy) is 2. The molecule has 35 heavy (non-hydrogen) atoms. The van der Waals surface area contributed by atoms with Gasteiger partial charge in [-0.25, -0.2) is 0 Å². The van der Waals surface area contributed by atoms with Crippen molar-refractivity contribution in [1.29, 1.82) is 0 Å². The number of aliphatic hydroxyl groups excluding tert-OH is 1. The van der Waals surface area contributed by atoms with E-state index in [1.54, 1.807) is 56.7 Å². The number of aliphatic hydroxyl groups is 1. The number of methoxy groups -OCH3 is 2. The minimum absolute atomic E-state index is 0.0371. The number of carbonyl (C=O) groups excluding carboxylic acids is 2. The number of amides is 1. The molecule has 1 fully saturated rings. The van der Waals surface area contributed by atoms with Crippen molar-refractivity contribution in [2.75, 3.05) is 19.1 Å². The highest BCUT2D eigenvalue weighted by Gasteiger charge is 2.47. The highest BCUT2D eigenvalue weighted by Crippen LogP contribution is 2.44. The van der Waals surface area contributed by atoms with Crippen LogP contribution in [0.15, 0.2) is 72.3 Å². The molecular formula is C29H29NO5. The maximum atomic E-state index is 13.4. The quantitative estimate of drug-likeness (QED) is 0.281. The van der Waals surface area contributed by atoms with Crippen molar-refractivity contribution in [3.05, 3.63) is 94.6 Å². The molecule has 6 heteroatoms. The molecule has 0 spiro atoms. The van der Waals surface area contributed by atoms with E-state index in [4.69, 9.17) is 9.47 Å². The average Bonchev–Trinajstić information content (AvgIpc) is 3.14. The van der Waals surface area contributed by atoms with Crippen LogP contribution in [0.2, 0.25) is 0 Å². The number of anilines is 1. The number of benzene rings is 3. The van der Waals surface area contributed by atoms with Gasteiger partial charge in [0.1, 0.15) is 17.3 Å². The molecule has 1 atom stereocenters. The van der Waals surface area contributed by atoms with Gasteiger partial charge in [0.05, 0.1) is 25.8 Å². The van der Waals surface area contributed by atoms with E-state index in [2.05, 4.69) is 0 Å². The molecule has 6 nitrogen and oxygen atoms in total. The van der Waals surface area contributed by atoms with Crippen LogP contribution in [0.1, 0.15) is 48.1 Å². The molecule has 1 amide bonds. The Balaban J connectivity index is 1.99. The molecule has 1 unspecified atom stereocenters. The Hall–Kier alpha value is -4.06. The molecule has 1 aliphatic heterocycles. The highest BCUT2D eigenvalue weighted by atomic mass is 16.5. The van der Waals surface area contributed by atoms with Crippen molar-refractivity contribution in [2.45, 2.75) is 32.7 Å². The molecule has 0 radical (unpaired) electrons. The summed E-state index contributed by atoms with van der Waals surface area (Å²) < 4.78 is 10.9. The number of rotatable bonds is 6. The van der Waals surface area contributed by atoms with E-state index >= 15 is 0 Å². The predicted octanol–water partition coefficient (Wildman–Crippen LogP) is 5.76. The van der Waals surface area contributed by atoms with E-state index < -0.39 is 17.7 Å². The third kappa shape index (κ3) is 4.28. The first-order chi connectivity index (χ1) is 16.8. The van der Waals surface area contributed by atoms with Crippen LogP contribution < -0.4 is 14.4 Å². The summed E-state index contributed by atoms with van der Waals surface area (Å²) in [5.74, 6) is -0.219. The Kier molecular flexibility index (Phi) is 6.65. The standard InChI is InChI=1S/C29H29NO5/c1-17(2)22-16-23(18(3)14-24(22)35-5)27(31)25-26(19-10-9-13-21(15-19)34-4)30(29(33)28(25)32)20-11-7-6-8-12-20/h6-17,26,31H,1-5H3/b27-25+. The lowest BCUT2D eigenvalue weighted by Crippen LogP contribution is -2.29. The number of carbonyl (C=O) groups is 2. The van der Waals surface area contributed by atoms with Gasteiger partial charge < -0.3 is 14.6 Å². The van der Waals surface area contributed by atoms with Crippen molar-refractivity contribution < 1.29 is 24.2 Å². The molecule has 1 saturated heterocycles. The number of Topliss-reactive ketones (excluding diaryl/α,β-unsaturated/α-hetero) is 1. The Labute approximate surface area is 205 Å². The van der Waals surface area contributed by atoms with Crippen molar-refractivity contribution in [2.24, 2.45) is 0 Å². The fourth-order valence-electron chi connectivity index (χ4n) is 4.54. The summed E-state index contributed by atoms with van der Waals surface area (Å²) >= 11 is 0. The van der Waals surface area contributed by atoms with Gasteiger partial charge in [-0.3, -0.25) is 14.5 Å². The lowest BCUT2D eigenvalue weighted by molar-refractivity contribution is -0.132. The molecule has 1 N–H and O–H groups in total. The van der Waals surface area contributed by atoms with E-state index in [0.29, 0.717) is 28.3 Å². The van der Waals surface area contributed by atoms with Gasteiger partial charge in [0.25, 0.3) is 11.7 Å². The van der Waals surface area contributed by atoms with Crippen LogP contribution in [-0.4, -0.2) is 31.0 Å². The van der Waals surface area contributed by atoms with Gasteiger partial charge in [0.15, 0.2) is 0 Å². The van der Waals surface area contributed by atoms with Crippen LogP contribution in [0.4, 0.5) is 5.69 Å². The molecule has 1 heterocycles. The zero-order valence-electron chi connectivity index (χ0n) is 20.5. The molecule has 0 aliphatic carbocycles. The topological polar surface area (TPSA) is 76.1 Å². The fourth-order valence-corrected chi connectivity index (χ4v) is 4.54. The van der Waals surface area contributed by atoms with Crippen LogP contribution >= 0.6 is 0 Å². The summed E-state index contributed by atoms with van der Waals surface area (Å²) in [6.07, 6.45) is 0. The van der Waals surface area contributed by atoms with Crippen LogP contribution in [0, 0.1) is 6.92 Å². The van der Waals surface area contributed by atoms with Crippen LogP contribution in [0.3, 0.4) is 0 Å². The average molecular weight is 472 g/mol. The van der Waals surface area contributed by atoms with E-state index in [1.165, 1.54) is 4.90 Å². The summed E-state index contributed by atoms with van der Waals surface area (Å²) in [6, 6.07) is 19.1. The number of aryl methyl sites for hydroxylation is 1. The molecular weight excluding hydrogens is 442 g/mol. The van der Waals surface area contributed by atoms with Crippen LogP contribution in [-0.2, 0) is 9.59 Å². The molecule has 1 aliphatic rings. The monoisotopic (exact) mass is 471 g/mol. The SMILES string of the molecule is COc1cccc(C2/C(=C(\O)c3cc(C(C)C)c(OC)cc3C)C(=O)C(=O)N2c2ccccc2)c1. The van der Waals surface area contributed by atoms with Gasteiger partial charge in [-0.1, -0.05) is 44.2 Å². The predicted molar refractivity (Wildman–Crippen MR) is 136 cm³/mol. The molecule has 180 valence electrons. The van der Waals surface area contributed by atoms with E-state index in [9.17, 15) is 14.7 Å². The summed E-state index contributed by atoms with van der Waals surface area (Å²) in [5, 5.41) is 11.6. The summed E-state index contributed by atoms with van der Waals surface area (Å²) in [6.45, 7) is 5.90. The highest BCUT2D eigenvalue weighted by molar-refractivity contribution is 6.51. The third-order valence-electron chi connectivity index (χ3n) is 6.34. The smallest absolute Gasteiger partial charge is 0.300 e. The van der Waals surface area contributed by atoms with Gasteiger partial charge in [0.2, 0.25) is 0 Å². The van der Waals surface area contributed by atoms with Crippen molar-refractivity contribution in [1.82, 2.24) is 0 Å². The molecule has 0 saturated carbocycles. The molecule has 4 rings (SSSR count). The third-order valence-corrected chi connectivity index (χ3v) is 6.34. The minimum Gasteiger partial charge on any atom is -0.507 e. The van der Waals surface area contributed by atoms with Gasteiger partial charge in [-0.15, -0.1) is 0 Å². The second kappa shape index (κ2) is 9.66. The number of para-hydroxylation sites is 1. The van der Waals surface area contributed by atoms with Crippen molar-refractivity contribution in [3.63, 3.8) is 0 Å². The maximum absolute atomic E-state index is 13.4. The summed E-state index contributed by atoms with van der Waals surface area (Å²) in [7, 11) is 3.16. The second-order valence-corrected chi connectivity index (χ2v) is 8.85. The molecule has 0 aromatic heterocycles. The lowest BCUT2D eigenvalue weighted by atomic mass is 9.91. The van der Waals surface area contributed by atoms with Gasteiger partial charge >= 0.3 is 0 Å². The molecule has 3 aromatic carbocycles. The molecule has 0 bridgehead atoms. The van der Waals surface area contributed by atoms with Crippen LogP contribution in [0.25, 0.3) is 5.76 Å². The van der Waals surface area contributed by atoms with E-state index in [0.717, 1.165) is 11.1 Å². The van der Waals surface area contributed by atoms with Gasteiger partial charge in [-0.2, -0.15) is 0 Å². The fraction of sp³-hybridized carbons (Fsp3) is 0.241. The summed E-state index contributed by atoms with van der Waals surface area (Å²) in [4.78, 5) is 28.2. The molecule has 3 aromatic rings. The minimum atomic E-state index is -0.823. The summed E-state index contributed by atoms with van der Waals surface area (Å²) in [5.41, 5.74) is 3.39. The van der Waals surface area contributed by atoms with E-state index in [-0.39, 0.29) is 17.3 Å². The largest absolute Gasteiger partial charge is 0.507 e. The Morgan fingerprint density at radius 2 is 1.66 bits per heavy atom. The first kappa shape index (κ1) is 24.1. The Morgan fingerprint density at radius 3 is 2.29 bits per heavy atom.